The minimum atomic E-state index is -3.75. The molecule has 0 saturated carbocycles. The molecule has 2 amide bonds. The number of amides is 2. The zero-order valence-electron chi connectivity index (χ0n) is 19.5. The second-order valence-corrected chi connectivity index (χ2v) is 10.8. The molecular formula is C24H32BrN3O4S. The van der Waals surface area contributed by atoms with E-state index in [1.807, 2.05) is 51.1 Å². The molecule has 0 fully saturated rings. The fourth-order valence-electron chi connectivity index (χ4n) is 3.39. The van der Waals surface area contributed by atoms with Crippen LogP contribution in [-0.4, -0.2) is 50.0 Å². The van der Waals surface area contributed by atoms with Gasteiger partial charge >= 0.3 is 0 Å². The molecule has 180 valence electrons. The van der Waals surface area contributed by atoms with Crippen LogP contribution >= 0.6 is 15.9 Å². The molecular weight excluding hydrogens is 506 g/mol. The van der Waals surface area contributed by atoms with Crippen molar-refractivity contribution in [2.24, 2.45) is 0 Å². The third-order valence-corrected chi connectivity index (χ3v) is 6.99. The molecule has 0 spiro atoms. The summed E-state index contributed by atoms with van der Waals surface area (Å²) in [5.41, 5.74) is 1.23. The molecule has 0 unspecified atom stereocenters. The Morgan fingerprint density at radius 2 is 1.70 bits per heavy atom. The molecule has 9 heteroatoms. The molecule has 0 aliphatic carbocycles. The van der Waals surface area contributed by atoms with Crippen LogP contribution in [0.15, 0.2) is 59.1 Å². The van der Waals surface area contributed by atoms with E-state index >= 15 is 0 Å². The van der Waals surface area contributed by atoms with Gasteiger partial charge in [-0.15, -0.1) is 0 Å². The van der Waals surface area contributed by atoms with E-state index in [4.69, 9.17) is 0 Å². The molecule has 0 saturated heterocycles. The lowest BCUT2D eigenvalue weighted by molar-refractivity contribution is -0.140. The number of nitrogens with zero attached hydrogens (tertiary/aromatic N) is 2. The summed E-state index contributed by atoms with van der Waals surface area (Å²) in [6.45, 7) is 5.51. The maximum atomic E-state index is 13.6. The van der Waals surface area contributed by atoms with E-state index in [0.717, 1.165) is 22.5 Å². The van der Waals surface area contributed by atoms with E-state index in [1.54, 1.807) is 24.3 Å². The van der Waals surface area contributed by atoms with Crippen LogP contribution in [0.25, 0.3) is 0 Å². The summed E-state index contributed by atoms with van der Waals surface area (Å²) < 4.78 is 26.9. The fraction of sp³-hybridized carbons (Fsp3) is 0.417. The molecule has 2 atom stereocenters. The van der Waals surface area contributed by atoms with Gasteiger partial charge in [0.1, 0.15) is 12.6 Å². The number of hydrogen-bond acceptors (Lipinski definition) is 4. The topological polar surface area (TPSA) is 86.8 Å². The van der Waals surface area contributed by atoms with E-state index in [0.29, 0.717) is 16.6 Å². The van der Waals surface area contributed by atoms with Gasteiger partial charge in [0.25, 0.3) is 0 Å². The average molecular weight is 539 g/mol. The first-order valence-electron chi connectivity index (χ1n) is 10.9. The highest BCUT2D eigenvalue weighted by Gasteiger charge is 2.32. The SMILES string of the molecule is CC[C@H](C)NC(=O)[C@H](CC)N(Cc1ccccc1)C(=O)CN(c1cccc(Br)c1)S(C)(=O)=O. The minimum absolute atomic E-state index is 0.0329. The Balaban J connectivity index is 2.41. The van der Waals surface area contributed by atoms with Gasteiger partial charge in [0.2, 0.25) is 21.8 Å². The zero-order valence-corrected chi connectivity index (χ0v) is 21.9. The van der Waals surface area contributed by atoms with Crippen LogP contribution in [0.3, 0.4) is 0 Å². The summed E-state index contributed by atoms with van der Waals surface area (Å²) in [4.78, 5) is 28.1. The Kier molecular flexibility index (Phi) is 9.91. The number of benzene rings is 2. The second-order valence-electron chi connectivity index (χ2n) is 8.00. The Bertz CT molecular complexity index is 1050. The monoisotopic (exact) mass is 537 g/mol. The van der Waals surface area contributed by atoms with E-state index < -0.39 is 28.5 Å². The Hall–Kier alpha value is -2.39. The predicted molar refractivity (Wildman–Crippen MR) is 135 cm³/mol. The largest absolute Gasteiger partial charge is 0.352 e. The van der Waals surface area contributed by atoms with Crippen molar-refractivity contribution in [1.82, 2.24) is 10.2 Å². The van der Waals surface area contributed by atoms with Crippen molar-refractivity contribution in [3.8, 4) is 0 Å². The third kappa shape index (κ3) is 7.85. The van der Waals surface area contributed by atoms with Gasteiger partial charge in [-0.25, -0.2) is 8.42 Å². The lowest BCUT2D eigenvalue weighted by Gasteiger charge is -2.33. The van der Waals surface area contributed by atoms with E-state index in [-0.39, 0.29) is 18.5 Å². The maximum absolute atomic E-state index is 13.6. The highest BCUT2D eigenvalue weighted by molar-refractivity contribution is 9.10. The number of halogens is 1. The Labute approximate surface area is 205 Å². The molecule has 2 aromatic carbocycles. The van der Waals surface area contributed by atoms with Gasteiger partial charge in [0.05, 0.1) is 11.9 Å². The summed E-state index contributed by atoms with van der Waals surface area (Å²) in [5.74, 6) is -0.695. The Morgan fingerprint density at radius 3 is 2.24 bits per heavy atom. The fourth-order valence-corrected chi connectivity index (χ4v) is 4.61. The minimum Gasteiger partial charge on any atom is -0.352 e. The van der Waals surface area contributed by atoms with Crippen molar-refractivity contribution in [3.05, 3.63) is 64.6 Å². The van der Waals surface area contributed by atoms with Crippen molar-refractivity contribution in [2.75, 3.05) is 17.1 Å². The van der Waals surface area contributed by atoms with E-state index in [9.17, 15) is 18.0 Å². The molecule has 0 heterocycles. The number of nitrogens with one attached hydrogen (secondary N) is 1. The first-order chi connectivity index (χ1) is 15.6. The molecule has 33 heavy (non-hydrogen) atoms. The smallest absolute Gasteiger partial charge is 0.244 e. The van der Waals surface area contributed by atoms with Crippen LogP contribution in [0.5, 0.6) is 0 Å². The summed E-state index contributed by atoms with van der Waals surface area (Å²) in [6, 6.07) is 15.4. The molecule has 1 N–H and O–H groups in total. The van der Waals surface area contributed by atoms with E-state index in [2.05, 4.69) is 21.2 Å². The van der Waals surface area contributed by atoms with Gasteiger partial charge in [0.15, 0.2) is 0 Å². The average Bonchev–Trinajstić information content (AvgIpc) is 2.76. The first kappa shape index (κ1) is 26.9. The van der Waals surface area contributed by atoms with Crippen LogP contribution in [0.2, 0.25) is 0 Å². The molecule has 0 aliphatic heterocycles. The molecule has 7 nitrogen and oxygen atoms in total. The van der Waals surface area contributed by atoms with Crippen molar-refractivity contribution >= 4 is 43.5 Å². The molecule has 0 radical (unpaired) electrons. The van der Waals surface area contributed by atoms with Crippen LogP contribution in [0.4, 0.5) is 5.69 Å². The van der Waals surface area contributed by atoms with Gasteiger partial charge in [-0.05, 0) is 43.5 Å². The van der Waals surface area contributed by atoms with Gasteiger partial charge < -0.3 is 10.2 Å². The summed E-state index contributed by atoms with van der Waals surface area (Å²) in [6.07, 6.45) is 2.23. The number of rotatable bonds is 11. The standard InChI is InChI=1S/C24H32BrN3O4S/c1-5-18(3)26-24(30)22(6-2)27(16-19-11-8-7-9-12-19)23(29)17-28(33(4,31)32)21-14-10-13-20(25)15-21/h7-15,18,22H,5-6,16-17H2,1-4H3,(H,26,30)/t18-,22-/m0/s1. The van der Waals surface area contributed by atoms with Gasteiger partial charge in [-0.1, -0.05) is 66.2 Å². The van der Waals surface area contributed by atoms with Crippen LogP contribution < -0.4 is 9.62 Å². The number of sulfonamides is 1. The number of carbonyl (C=O) groups excluding carboxylic acids is 2. The van der Waals surface area contributed by atoms with Crippen molar-refractivity contribution in [3.63, 3.8) is 0 Å². The van der Waals surface area contributed by atoms with Crippen LogP contribution in [-0.2, 0) is 26.2 Å². The molecule has 2 rings (SSSR count). The highest BCUT2D eigenvalue weighted by atomic mass is 79.9. The zero-order chi connectivity index (χ0) is 24.6. The molecule has 0 bridgehead atoms. The van der Waals surface area contributed by atoms with Gasteiger partial charge in [0, 0.05) is 17.1 Å². The van der Waals surface area contributed by atoms with Crippen molar-refractivity contribution in [2.45, 2.75) is 52.2 Å². The van der Waals surface area contributed by atoms with E-state index in [1.165, 1.54) is 4.90 Å². The normalized spacial score (nSPS) is 13.1. The molecule has 2 aromatic rings. The highest BCUT2D eigenvalue weighted by Crippen LogP contribution is 2.23. The molecule has 0 aromatic heterocycles. The summed E-state index contributed by atoms with van der Waals surface area (Å²) in [7, 11) is -3.75. The van der Waals surface area contributed by atoms with Gasteiger partial charge in [-0.2, -0.15) is 0 Å². The van der Waals surface area contributed by atoms with Crippen molar-refractivity contribution in [1.29, 1.82) is 0 Å². The number of anilines is 1. The van der Waals surface area contributed by atoms with Crippen molar-refractivity contribution < 1.29 is 18.0 Å². The summed E-state index contributed by atoms with van der Waals surface area (Å²) >= 11 is 3.35. The first-order valence-corrected chi connectivity index (χ1v) is 13.6. The lowest BCUT2D eigenvalue weighted by atomic mass is 10.1. The number of hydrogen-bond donors (Lipinski definition) is 1. The Morgan fingerprint density at radius 1 is 1.03 bits per heavy atom. The molecule has 0 aliphatic rings. The predicted octanol–water partition coefficient (Wildman–Crippen LogP) is 3.94. The maximum Gasteiger partial charge on any atom is 0.244 e. The third-order valence-electron chi connectivity index (χ3n) is 5.36. The van der Waals surface area contributed by atoms with Crippen LogP contribution in [0.1, 0.15) is 39.2 Å². The van der Waals surface area contributed by atoms with Crippen LogP contribution in [0, 0.1) is 0 Å². The summed E-state index contributed by atoms with van der Waals surface area (Å²) in [5, 5.41) is 2.95. The second kappa shape index (κ2) is 12.2. The quantitative estimate of drug-likeness (QED) is 0.470. The lowest BCUT2D eigenvalue weighted by Crippen LogP contribution is -2.53. The van der Waals surface area contributed by atoms with Gasteiger partial charge in [-0.3, -0.25) is 13.9 Å². The number of carbonyl (C=O) groups is 2.